The number of hydrogen-bond donors (Lipinski definition) is 0. The fourth-order valence-corrected chi connectivity index (χ4v) is 2.55. The second-order valence-corrected chi connectivity index (χ2v) is 5.38. The van der Waals surface area contributed by atoms with Crippen LogP contribution in [0, 0.1) is 0 Å². The number of halogens is 1. The third-order valence-electron chi connectivity index (χ3n) is 2.62. The molecule has 100 valence electrons. The van der Waals surface area contributed by atoms with Gasteiger partial charge in [-0.2, -0.15) is 0 Å². The summed E-state index contributed by atoms with van der Waals surface area (Å²) in [6, 6.07) is 1.92. The van der Waals surface area contributed by atoms with E-state index in [1.165, 1.54) is 23.7 Å². The molecule has 0 N–H and O–H groups in total. The number of rotatable bonds is 6. The second-order valence-electron chi connectivity index (χ2n) is 3.86. The molecule has 2 rings (SSSR count). The highest BCUT2D eigenvalue weighted by atomic mass is 35.5. The van der Waals surface area contributed by atoms with Crippen LogP contribution in [0.2, 0.25) is 4.34 Å². The molecule has 0 saturated carbocycles. The molecule has 6 heteroatoms. The zero-order valence-corrected chi connectivity index (χ0v) is 11.8. The SMILES string of the molecule is C=CC(=O)N(CCc1ncco1)Cc1ccsc1Cl. The van der Waals surface area contributed by atoms with E-state index in [9.17, 15) is 4.79 Å². The summed E-state index contributed by atoms with van der Waals surface area (Å²) in [5.41, 5.74) is 0.939. The van der Waals surface area contributed by atoms with Crippen molar-refractivity contribution in [2.75, 3.05) is 6.54 Å². The summed E-state index contributed by atoms with van der Waals surface area (Å²) in [5.74, 6) is 0.479. The van der Waals surface area contributed by atoms with Gasteiger partial charge < -0.3 is 9.32 Å². The van der Waals surface area contributed by atoms with Crippen LogP contribution in [-0.4, -0.2) is 22.3 Å². The minimum Gasteiger partial charge on any atom is -0.449 e. The Hall–Kier alpha value is -1.59. The van der Waals surface area contributed by atoms with Gasteiger partial charge in [-0.05, 0) is 17.5 Å². The summed E-state index contributed by atoms with van der Waals surface area (Å²) in [4.78, 5) is 17.5. The fraction of sp³-hybridized carbons (Fsp3) is 0.231. The van der Waals surface area contributed by atoms with E-state index in [1.807, 2.05) is 11.4 Å². The van der Waals surface area contributed by atoms with Crippen molar-refractivity contribution >= 4 is 28.8 Å². The van der Waals surface area contributed by atoms with Gasteiger partial charge in [0.1, 0.15) is 6.26 Å². The molecule has 0 saturated heterocycles. The van der Waals surface area contributed by atoms with E-state index in [4.69, 9.17) is 16.0 Å². The van der Waals surface area contributed by atoms with Gasteiger partial charge in [0.15, 0.2) is 5.89 Å². The van der Waals surface area contributed by atoms with Crippen LogP contribution < -0.4 is 0 Å². The fourth-order valence-electron chi connectivity index (χ4n) is 1.64. The third-order valence-corrected chi connectivity index (χ3v) is 3.87. The lowest BCUT2D eigenvalue weighted by Gasteiger charge is -2.20. The summed E-state index contributed by atoms with van der Waals surface area (Å²) in [6.07, 6.45) is 4.97. The van der Waals surface area contributed by atoms with E-state index < -0.39 is 0 Å². The zero-order valence-electron chi connectivity index (χ0n) is 10.2. The van der Waals surface area contributed by atoms with E-state index in [1.54, 1.807) is 11.1 Å². The number of carbonyl (C=O) groups excluding carboxylic acids is 1. The second kappa shape index (κ2) is 6.54. The Balaban J connectivity index is 2.01. The number of aromatic nitrogens is 1. The van der Waals surface area contributed by atoms with Crippen molar-refractivity contribution in [1.29, 1.82) is 0 Å². The highest BCUT2D eigenvalue weighted by Crippen LogP contribution is 2.24. The van der Waals surface area contributed by atoms with Gasteiger partial charge in [0.25, 0.3) is 0 Å². The van der Waals surface area contributed by atoms with Gasteiger partial charge in [-0.15, -0.1) is 11.3 Å². The third kappa shape index (κ3) is 3.68. The smallest absolute Gasteiger partial charge is 0.246 e. The number of hydrogen-bond acceptors (Lipinski definition) is 4. The highest BCUT2D eigenvalue weighted by molar-refractivity contribution is 7.14. The van der Waals surface area contributed by atoms with Gasteiger partial charge in [-0.3, -0.25) is 4.79 Å². The van der Waals surface area contributed by atoms with Crippen molar-refractivity contribution in [2.24, 2.45) is 0 Å². The molecule has 1 amide bonds. The van der Waals surface area contributed by atoms with Crippen LogP contribution in [0.5, 0.6) is 0 Å². The lowest BCUT2D eigenvalue weighted by molar-refractivity contribution is -0.126. The van der Waals surface area contributed by atoms with Gasteiger partial charge in [-0.25, -0.2) is 4.98 Å². The summed E-state index contributed by atoms with van der Waals surface area (Å²) >= 11 is 7.51. The predicted octanol–water partition coefficient (Wildman–Crippen LogP) is 3.15. The molecule has 0 fully saturated rings. The van der Waals surface area contributed by atoms with Crippen LogP contribution in [0.25, 0.3) is 0 Å². The highest BCUT2D eigenvalue weighted by Gasteiger charge is 2.14. The van der Waals surface area contributed by atoms with Crippen molar-refractivity contribution in [3.05, 3.63) is 52.4 Å². The molecule has 0 radical (unpaired) electrons. The summed E-state index contributed by atoms with van der Waals surface area (Å²) in [5, 5.41) is 1.91. The Morgan fingerprint density at radius 3 is 3.05 bits per heavy atom. The molecule has 0 aromatic carbocycles. The van der Waals surface area contributed by atoms with E-state index in [-0.39, 0.29) is 5.91 Å². The van der Waals surface area contributed by atoms with Gasteiger partial charge in [-0.1, -0.05) is 18.2 Å². The van der Waals surface area contributed by atoms with Crippen LogP contribution in [0.15, 0.2) is 41.0 Å². The largest absolute Gasteiger partial charge is 0.449 e. The average Bonchev–Trinajstić information content (AvgIpc) is 3.05. The Bertz CT molecular complexity index is 551. The number of amides is 1. The standard InChI is InChI=1S/C13H13ClN2O2S/c1-2-12(17)16(6-3-11-15-5-7-18-11)9-10-4-8-19-13(10)14/h2,4-5,7-8H,1,3,6,9H2. The lowest BCUT2D eigenvalue weighted by atomic mass is 10.2. The first-order chi connectivity index (χ1) is 9.20. The van der Waals surface area contributed by atoms with Gasteiger partial charge >= 0.3 is 0 Å². The van der Waals surface area contributed by atoms with Crippen molar-refractivity contribution in [2.45, 2.75) is 13.0 Å². The van der Waals surface area contributed by atoms with Crippen molar-refractivity contribution in [3.63, 3.8) is 0 Å². The van der Waals surface area contributed by atoms with Gasteiger partial charge in [0, 0.05) is 25.1 Å². The maximum Gasteiger partial charge on any atom is 0.246 e. The Morgan fingerprint density at radius 1 is 1.63 bits per heavy atom. The number of carbonyl (C=O) groups is 1. The molecule has 0 aliphatic heterocycles. The maximum absolute atomic E-state index is 11.8. The van der Waals surface area contributed by atoms with Crippen LogP contribution in [0.4, 0.5) is 0 Å². The number of oxazole rings is 1. The Kier molecular flexibility index (Phi) is 4.76. The van der Waals surface area contributed by atoms with Crippen LogP contribution in [-0.2, 0) is 17.8 Å². The molecular weight excluding hydrogens is 284 g/mol. The van der Waals surface area contributed by atoms with Crippen molar-refractivity contribution in [3.8, 4) is 0 Å². The molecule has 2 heterocycles. The first-order valence-electron chi connectivity index (χ1n) is 5.72. The molecule has 0 spiro atoms. The Labute approximate surface area is 120 Å². The first kappa shape index (κ1) is 13.8. The number of nitrogens with zero attached hydrogens (tertiary/aromatic N) is 2. The van der Waals surface area contributed by atoms with E-state index in [0.29, 0.717) is 29.7 Å². The summed E-state index contributed by atoms with van der Waals surface area (Å²) in [6.45, 7) is 4.50. The van der Waals surface area contributed by atoms with Crippen LogP contribution >= 0.6 is 22.9 Å². The lowest BCUT2D eigenvalue weighted by Crippen LogP contribution is -2.30. The predicted molar refractivity (Wildman–Crippen MR) is 75.2 cm³/mol. The summed E-state index contributed by atoms with van der Waals surface area (Å²) < 4.78 is 5.86. The molecule has 2 aromatic heterocycles. The minimum atomic E-state index is -0.131. The Morgan fingerprint density at radius 2 is 2.47 bits per heavy atom. The molecule has 0 unspecified atom stereocenters. The topological polar surface area (TPSA) is 46.3 Å². The molecular formula is C13H13ClN2O2S. The first-order valence-corrected chi connectivity index (χ1v) is 6.98. The van der Waals surface area contributed by atoms with Gasteiger partial charge in [0.05, 0.1) is 10.5 Å². The van der Waals surface area contributed by atoms with E-state index in [2.05, 4.69) is 11.6 Å². The molecule has 0 atom stereocenters. The summed E-state index contributed by atoms with van der Waals surface area (Å²) in [7, 11) is 0. The molecule has 0 aliphatic carbocycles. The maximum atomic E-state index is 11.8. The number of thiophene rings is 1. The van der Waals surface area contributed by atoms with Crippen molar-refractivity contribution in [1.82, 2.24) is 9.88 Å². The van der Waals surface area contributed by atoms with Crippen LogP contribution in [0.1, 0.15) is 11.5 Å². The quantitative estimate of drug-likeness (QED) is 0.769. The normalized spacial score (nSPS) is 10.4. The molecule has 4 nitrogen and oxygen atoms in total. The van der Waals surface area contributed by atoms with Gasteiger partial charge in [0.2, 0.25) is 5.91 Å². The van der Waals surface area contributed by atoms with E-state index in [0.717, 1.165) is 5.56 Å². The molecule has 19 heavy (non-hydrogen) atoms. The van der Waals surface area contributed by atoms with Crippen molar-refractivity contribution < 1.29 is 9.21 Å². The molecule has 0 bridgehead atoms. The monoisotopic (exact) mass is 296 g/mol. The van der Waals surface area contributed by atoms with E-state index >= 15 is 0 Å². The van der Waals surface area contributed by atoms with Crippen LogP contribution in [0.3, 0.4) is 0 Å². The molecule has 2 aromatic rings. The average molecular weight is 297 g/mol. The zero-order chi connectivity index (χ0) is 13.7. The minimum absolute atomic E-state index is 0.131. The molecule has 0 aliphatic rings.